The quantitative estimate of drug-likeness (QED) is 0.804. The van der Waals surface area contributed by atoms with Crippen molar-refractivity contribution in [1.29, 1.82) is 0 Å². The van der Waals surface area contributed by atoms with Crippen LogP contribution < -0.4 is 0 Å². The Morgan fingerprint density at radius 1 is 1.08 bits per heavy atom. The molecule has 3 rings (SSSR count). The van der Waals surface area contributed by atoms with Crippen molar-refractivity contribution in [2.75, 3.05) is 20.2 Å². The molecule has 0 bridgehead atoms. The molecule has 0 saturated carbocycles. The third kappa shape index (κ3) is 4.24. The number of piperidine rings is 1. The minimum absolute atomic E-state index is 0.0210. The van der Waals surface area contributed by atoms with Gasteiger partial charge < -0.3 is 9.64 Å². The van der Waals surface area contributed by atoms with E-state index in [4.69, 9.17) is 0 Å². The van der Waals surface area contributed by atoms with Crippen LogP contribution in [0.3, 0.4) is 0 Å². The summed E-state index contributed by atoms with van der Waals surface area (Å²) in [7, 11) is 1.34. The number of hydrogen-bond donors (Lipinski definition) is 0. The van der Waals surface area contributed by atoms with E-state index in [1.165, 1.54) is 7.11 Å². The van der Waals surface area contributed by atoms with Crippen LogP contribution in [0.4, 0.5) is 0 Å². The number of rotatable bonds is 4. The fourth-order valence-electron chi connectivity index (χ4n) is 3.20. The molecule has 1 aliphatic heterocycles. The Kier molecular flexibility index (Phi) is 5.43. The molecule has 1 aromatic heterocycles. The number of hydrogen-bond acceptors (Lipinski definition) is 4. The zero-order chi connectivity index (χ0) is 17.6. The third-order valence-corrected chi connectivity index (χ3v) is 4.68. The zero-order valence-corrected chi connectivity index (χ0v) is 14.4. The second kappa shape index (κ2) is 7.92. The van der Waals surface area contributed by atoms with Gasteiger partial charge in [0.25, 0.3) is 5.91 Å². The Labute approximate surface area is 147 Å². The predicted molar refractivity (Wildman–Crippen MR) is 94.4 cm³/mol. The zero-order valence-electron chi connectivity index (χ0n) is 14.4. The Bertz CT molecular complexity index is 720. The van der Waals surface area contributed by atoms with E-state index in [-0.39, 0.29) is 5.91 Å². The van der Waals surface area contributed by atoms with Crippen LogP contribution >= 0.6 is 0 Å². The van der Waals surface area contributed by atoms with Crippen molar-refractivity contribution in [2.45, 2.75) is 19.3 Å². The number of carbonyl (C=O) groups is 2. The van der Waals surface area contributed by atoms with Gasteiger partial charge in [0, 0.05) is 30.5 Å². The maximum Gasteiger partial charge on any atom is 0.337 e. The van der Waals surface area contributed by atoms with E-state index in [1.807, 2.05) is 23.2 Å². The minimum atomic E-state index is -0.394. The molecule has 1 amide bonds. The van der Waals surface area contributed by atoms with Gasteiger partial charge in [-0.25, -0.2) is 4.79 Å². The minimum Gasteiger partial charge on any atom is -0.465 e. The molecule has 2 aromatic rings. The summed E-state index contributed by atoms with van der Waals surface area (Å²) >= 11 is 0. The van der Waals surface area contributed by atoms with Gasteiger partial charge in [0.05, 0.1) is 12.7 Å². The van der Waals surface area contributed by atoms with Crippen LogP contribution in [0.15, 0.2) is 48.7 Å². The number of likely N-dealkylation sites (tertiary alicyclic amines) is 1. The maximum atomic E-state index is 12.6. The van der Waals surface area contributed by atoms with E-state index in [9.17, 15) is 9.59 Å². The van der Waals surface area contributed by atoms with Gasteiger partial charge in [0.2, 0.25) is 0 Å². The van der Waals surface area contributed by atoms with Crippen LogP contribution in [-0.4, -0.2) is 42.0 Å². The lowest BCUT2D eigenvalue weighted by Crippen LogP contribution is -2.39. The van der Waals surface area contributed by atoms with E-state index in [0.29, 0.717) is 17.0 Å². The molecule has 0 spiro atoms. The Morgan fingerprint density at radius 3 is 2.36 bits per heavy atom. The summed E-state index contributed by atoms with van der Waals surface area (Å²) in [4.78, 5) is 30.3. The molecule has 0 N–H and O–H groups in total. The van der Waals surface area contributed by atoms with Gasteiger partial charge in [0.1, 0.15) is 0 Å². The number of esters is 1. The van der Waals surface area contributed by atoms with Crippen LogP contribution in [0.25, 0.3) is 0 Å². The van der Waals surface area contributed by atoms with E-state index < -0.39 is 5.97 Å². The van der Waals surface area contributed by atoms with E-state index in [0.717, 1.165) is 38.0 Å². The Morgan fingerprint density at radius 2 is 1.76 bits per heavy atom. The van der Waals surface area contributed by atoms with Crippen molar-refractivity contribution >= 4 is 11.9 Å². The highest BCUT2D eigenvalue weighted by molar-refractivity contribution is 5.96. The van der Waals surface area contributed by atoms with E-state index in [1.54, 1.807) is 24.3 Å². The summed E-state index contributed by atoms with van der Waals surface area (Å²) in [5.41, 5.74) is 2.18. The van der Waals surface area contributed by atoms with E-state index in [2.05, 4.69) is 15.8 Å². The number of aromatic nitrogens is 1. The number of benzene rings is 1. The highest BCUT2D eigenvalue weighted by atomic mass is 16.5. The van der Waals surface area contributed by atoms with Crippen molar-refractivity contribution in [1.82, 2.24) is 9.88 Å². The van der Waals surface area contributed by atoms with Gasteiger partial charge in [-0.3, -0.25) is 9.78 Å². The highest BCUT2D eigenvalue weighted by Crippen LogP contribution is 2.22. The van der Waals surface area contributed by atoms with E-state index >= 15 is 0 Å². The Hall–Kier alpha value is -2.69. The van der Waals surface area contributed by atoms with Gasteiger partial charge in [-0.05, 0) is 61.6 Å². The molecule has 1 saturated heterocycles. The van der Waals surface area contributed by atoms with Crippen molar-refractivity contribution in [3.8, 4) is 0 Å². The monoisotopic (exact) mass is 338 g/mol. The molecule has 2 heterocycles. The van der Waals surface area contributed by atoms with Crippen LogP contribution in [0.1, 0.15) is 39.3 Å². The number of amides is 1. The summed E-state index contributed by atoms with van der Waals surface area (Å²) < 4.78 is 4.67. The molecule has 1 aliphatic rings. The van der Waals surface area contributed by atoms with Gasteiger partial charge >= 0.3 is 5.97 Å². The predicted octanol–water partition coefficient (Wildman–Crippen LogP) is 2.96. The SMILES string of the molecule is COC(=O)c1ccc(C(=O)N2CCC(Cc3ccccn3)CC2)cc1. The van der Waals surface area contributed by atoms with Crippen molar-refractivity contribution < 1.29 is 14.3 Å². The first-order chi connectivity index (χ1) is 12.2. The van der Waals surface area contributed by atoms with Crippen LogP contribution in [0, 0.1) is 5.92 Å². The van der Waals surface area contributed by atoms with Crippen molar-refractivity contribution in [2.24, 2.45) is 5.92 Å². The number of carbonyl (C=O) groups excluding carboxylic acids is 2. The largest absolute Gasteiger partial charge is 0.465 e. The van der Waals surface area contributed by atoms with Crippen molar-refractivity contribution in [3.63, 3.8) is 0 Å². The summed E-state index contributed by atoms with van der Waals surface area (Å²) in [5.74, 6) is 0.197. The number of pyridine rings is 1. The average molecular weight is 338 g/mol. The number of methoxy groups -OCH3 is 1. The first-order valence-corrected chi connectivity index (χ1v) is 8.55. The van der Waals surface area contributed by atoms with Gasteiger partial charge in [0.15, 0.2) is 0 Å². The second-order valence-electron chi connectivity index (χ2n) is 6.33. The molecular weight excluding hydrogens is 316 g/mol. The normalized spacial score (nSPS) is 15.0. The number of nitrogens with zero attached hydrogens (tertiary/aromatic N) is 2. The molecule has 5 nitrogen and oxygen atoms in total. The molecule has 0 radical (unpaired) electrons. The van der Waals surface area contributed by atoms with Crippen molar-refractivity contribution in [3.05, 3.63) is 65.5 Å². The summed E-state index contributed by atoms with van der Waals surface area (Å²) in [5, 5.41) is 0. The molecule has 0 atom stereocenters. The van der Waals surface area contributed by atoms with Crippen LogP contribution in [0.5, 0.6) is 0 Å². The van der Waals surface area contributed by atoms with Crippen LogP contribution in [0.2, 0.25) is 0 Å². The van der Waals surface area contributed by atoms with Crippen LogP contribution in [-0.2, 0) is 11.2 Å². The fourth-order valence-corrected chi connectivity index (χ4v) is 3.20. The molecule has 0 unspecified atom stereocenters. The topological polar surface area (TPSA) is 59.5 Å². The highest BCUT2D eigenvalue weighted by Gasteiger charge is 2.24. The molecule has 5 heteroatoms. The fraction of sp³-hybridized carbons (Fsp3) is 0.350. The summed E-state index contributed by atoms with van der Waals surface area (Å²) in [6, 6.07) is 12.6. The molecule has 130 valence electrons. The number of ether oxygens (including phenoxy) is 1. The first-order valence-electron chi connectivity index (χ1n) is 8.55. The molecular formula is C20H22N2O3. The first kappa shape index (κ1) is 17.1. The Balaban J connectivity index is 1.55. The smallest absolute Gasteiger partial charge is 0.337 e. The standard InChI is InChI=1S/C20H22N2O3/c1-25-20(24)17-7-5-16(6-8-17)19(23)22-12-9-15(10-13-22)14-18-4-2-3-11-21-18/h2-8,11,15H,9-10,12-14H2,1H3. The third-order valence-electron chi connectivity index (χ3n) is 4.68. The lowest BCUT2D eigenvalue weighted by Gasteiger charge is -2.32. The summed E-state index contributed by atoms with van der Waals surface area (Å²) in [6.07, 6.45) is 4.77. The molecule has 1 fully saturated rings. The summed E-state index contributed by atoms with van der Waals surface area (Å²) in [6.45, 7) is 1.52. The lowest BCUT2D eigenvalue weighted by molar-refractivity contribution is 0.0599. The maximum absolute atomic E-state index is 12.6. The average Bonchev–Trinajstić information content (AvgIpc) is 2.68. The molecule has 1 aromatic carbocycles. The molecule has 0 aliphatic carbocycles. The van der Waals surface area contributed by atoms with Gasteiger partial charge in [-0.1, -0.05) is 6.07 Å². The second-order valence-corrected chi connectivity index (χ2v) is 6.33. The van der Waals surface area contributed by atoms with Gasteiger partial charge in [-0.2, -0.15) is 0 Å². The molecule has 25 heavy (non-hydrogen) atoms. The lowest BCUT2D eigenvalue weighted by atomic mass is 9.91. The van der Waals surface area contributed by atoms with Gasteiger partial charge in [-0.15, -0.1) is 0 Å².